The number of aromatic nitrogens is 1. The summed E-state index contributed by atoms with van der Waals surface area (Å²) in [7, 11) is 0. The predicted octanol–water partition coefficient (Wildman–Crippen LogP) is 1.89. The van der Waals surface area contributed by atoms with Crippen molar-refractivity contribution in [1.82, 2.24) is 4.98 Å². The third kappa shape index (κ3) is 5.27. The van der Waals surface area contributed by atoms with Gasteiger partial charge in [-0.05, 0) is 19.1 Å². The number of carbonyl (C=O) groups is 1. The second kappa shape index (κ2) is 6.90. The molecule has 0 saturated heterocycles. The number of allylic oxidation sites excluding steroid dienone is 1. The molecule has 0 bridgehead atoms. The minimum absolute atomic E-state index is 0.243. The topological polar surface area (TPSA) is 74.4 Å². The van der Waals surface area contributed by atoms with Crippen LogP contribution in [0, 0.1) is 0 Å². The molecule has 0 spiro atoms. The maximum absolute atomic E-state index is 11.7. The predicted molar refractivity (Wildman–Crippen MR) is 64.6 cm³/mol. The lowest BCUT2D eigenvalue weighted by Crippen LogP contribution is -2.18. The van der Waals surface area contributed by atoms with Crippen molar-refractivity contribution >= 4 is 11.4 Å². The van der Waals surface area contributed by atoms with E-state index in [1.165, 1.54) is 25.3 Å². The number of nitrogens with two attached hydrogens (primary N) is 1. The standard InChI is InChI=1S/C12H13F3N2O3/c1-8(18)10(6-16)11-3-2-9(7-17-11)19-4-5-20-12(13,14)15/h2-3,6-7H,4-5,16H2,1H3. The van der Waals surface area contributed by atoms with Crippen molar-refractivity contribution < 1.29 is 27.4 Å². The first kappa shape index (κ1) is 16.0. The van der Waals surface area contributed by atoms with Crippen molar-refractivity contribution in [1.29, 1.82) is 0 Å². The van der Waals surface area contributed by atoms with Crippen LogP contribution in [0.2, 0.25) is 0 Å². The minimum atomic E-state index is -4.67. The first-order chi connectivity index (χ1) is 9.33. The number of pyridine rings is 1. The number of nitrogens with zero attached hydrogens (tertiary/aromatic N) is 1. The fraction of sp³-hybridized carbons (Fsp3) is 0.333. The molecule has 110 valence electrons. The number of hydrogen-bond acceptors (Lipinski definition) is 5. The first-order valence-electron chi connectivity index (χ1n) is 5.56. The van der Waals surface area contributed by atoms with Crippen molar-refractivity contribution in [3.05, 3.63) is 30.2 Å². The molecule has 20 heavy (non-hydrogen) atoms. The van der Waals surface area contributed by atoms with Gasteiger partial charge in [-0.3, -0.25) is 14.5 Å². The molecule has 2 N–H and O–H groups in total. The number of Topliss-reactive ketones (excluding diaryl/α,β-unsaturated/α-hetero) is 1. The number of ether oxygens (including phenoxy) is 2. The Morgan fingerprint density at radius 1 is 1.40 bits per heavy atom. The van der Waals surface area contributed by atoms with Crippen LogP contribution in [0.25, 0.3) is 5.57 Å². The molecule has 8 heteroatoms. The Morgan fingerprint density at radius 2 is 2.10 bits per heavy atom. The van der Waals surface area contributed by atoms with Crippen LogP contribution in [0.5, 0.6) is 5.75 Å². The Bertz CT molecular complexity index is 484. The van der Waals surface area contributed by atoms with Crippen LogP contribution in [-0.2, 0) is 9.53 Å². The van der Waals surface area contributed by atoms with Crippen LogP contribution in [0.15, 0.2) is 24.5 Å². The van der Waals surface area contributed by atoms with Gasteiger partial charge in [-0.15, -0.1) is 13.2 Å². The highest BCUT2D eigenvalue weighted by Crippen LogP contribution is 2.17. The molecule has 1 rings (SSSR count). The molecule has 1 aromatic rings. The summed E-state index contributed by atoms with van der Waals surface area (Å²) in [5, 5.41) is 0. The van der Waals surface area contributed by atoms with Gasteiger partial charge in [-0.2, -0.15) is 0 Å². The summed E-state index contributed by atoms with van der Waals surface area (Å²) >= 11 is 0. The Hall–Kier alpha value is -2.09. The van der Waals surface area contributed by atoms with Crippen LogP contribution in [-0.4, -0.2) is 30.3 Å². The summed E-state index contributed by atoms with van der Waals surface area (Å²) in [6, 6.07) is 2.96. The zero-order chi connectivity index (χ0) is 15.2. The van der Waals surface area contributed by atoms with Crippen molar-refractivity contribution in [2.24, 2.45) is 5.73 Å². The molecule has 1 aromatic heterocycles. The maximum Gasteiger partial charge on any atom is 0.522 e. The molecular weight excluding hydrogens is 277 g/mol. The van der Waals surface area contributed by atoms with Gasteiger partial charge in [-0.25, -0.2) is 0 Å². The number of hydrogen-bond donors (Lipinski definition) is 1. The summed E-state index contributed by atoms with van der Waals surface area (Å²) in [6.45, 7) is 0.457. The third-order valence-electron chi connectivity index (χ3n) is 2.18. The van der Waals surface area contributed by atoms with Gasteiger partial charge in [0.2, 0.25) is 0 Å². The van der Waals surface area contributed by atoms with Crippen molar-refractivity contribution in [3.8, 4) is 5.75 Å². The lowest BCUT2D eigenvalue weighted by molar-refractivity contribution is -0.325. The van der Waals surface area contributed by atoms with E-state index in [-0.39, 0.29) is 23.7 Å². The SMILES string of the molecule is CC(=O)C(=CN)c1ccc(OCCOC(F)(F)F)cn1. The summed E-state index contributed by atoms with van der Waals surface area (Å²) in [6.07, 6.45) is -2.24. The van der Waals surface area contributed by atoms with Gasteiger partial charge in [0.15, 0.2) is 5.78 Å². The van der Waals surface area contributed by atoms with Crippen LogP contribution in [0.1, 0.15) is 12.6 Å². The fourth-order valence-electron chi connectivity index (χ4n) is 1.33. The molecule has 0 aliphatic carbocycles. The van der Waals surface area contributed by atoms with E-state index in [0.29, 0.717) is 5.69 Å². The molecule has 0 fully saturated rings. The zero-order valence-electron chi connectivity index (χ0n) is 10.6. The lowest BCUT2D eigenvalue weighted by atomic mass is 10.1. The highest BCUT2D eigenvalue weighted by atomic mass is 19.4. The van der Waals surface area contributed by atoms with E-state index < -0.39 is 13.0 Å². The van der Waals surface area contributed by atoms with E-state index in [1.807, 2.05) is 0 Å². The normalized spacial score (nSPS) is 12.3. The van der Waals surface area contributed by atoms with E-state index in [9.17, 15) is 18.0 Å². The van der Waals surface area contributed by atoms with Crippen LogP contribution in [0.3, 0.4) is 0 Å². The Morgan fingerprint density at radius 3 is 2.55 bits per heavy atom. The van der Waals surface area contributed by atoms with Crippen molar-refractivity contribution in [3.63, 3.8) is 0 Å². The van der Waals surface area contributed by atoms with E-state index >= 15 is 0 Å². The number of halogens is 3. The van der Waals surface area contributed by atoms with Gasteiger partial charge in [0.05, 0.1) is 24.1 Å². The smallest absolute Gasteiger partial charge is 0.490 e. The van der Waals surface area contributed by atoms with Gasteiger partial charge < -0.3 is 10.5 Å². The van der Waals surface area contributed by atoms with Gasteiger partial charge in [0, 0.05) is 6.20 Å². The number of ketones is 1. The van der Waals surface area contributed by atoms with Gasteiger partial charge >= 0.3 is 6.36 Å². The van der Waals surface area contributed by atoms with Gasteiger partial charge in [-0.1, -0.05) is 0 Å². The third-order valence-corrected chi connectivity index (χ3v) is 2.18. The quantitative estimate of drug-likeness (QED) is 0.639. The minimum Gasteiger partial charge on any atom is -0.490 e. The molecule has 1 heterocycles. The van der Waals surface area contributed by atoms with Crippen molar-refractivity contribution in [2.75, 3.05) is 13.2 Å². The van der Waals surface area contributed by atoms with E-state index in [4.69, 9.17) is 10.5 Å². The van der Waals surface area contributed by atoms with Crippen LogP contribution >= 0.6 is 0 Å². The average molecular weight is 290 g/mol. The largest absolute Gasteiger partial charge is 0.522 e. The Kier molecular flexibility index (Phi) is 5.51. The zero-order valence-corrected chi connectivity index (χ0v) is 10.6. The average Bonchev–Trinajstić information content (AvgIpc) is 2.35. The molecular formula is C12H13F3N2O3. The number of alkyl halides is 3. The van der Waals surface area contributed by atoms with Crippen molar-refractivity contribution in [2.45, 2.75) is 13.3 Å². The van der Waals surface area contributed by atoms with Gasteiger partial charge in [0.25, 0.3) is 0 Å². The molecule has 0 aliphatic heterocycles. The molecule has 0 amide bonds. The molecule has 0 saturated carbocycles. The molecule has 0 aromatic carbocycles. The van der Waals surface area contributed by atoms with E-state index in [0.717, 1.165) is 6.20 Å². The number of carbonyl (C=O) groups excluding carboxylic acids is 1. The Balaban J connectivity index is 2.53. The molecule has 0 radical (unpaired) electrons. The summed E-state index contributed by atoms with van der Waals surface area (Å²) in [5.74, 6) is 0.0201. The summed E-state index contributed by atoms with van der Waals surface area (Å²) < 4.78 is 43.6. The van der Waals surface area contributed by atoms with Crippen LogP contribution in [0.4, 0.5) is 13.2 Å². The maximum atomic E-state index is 11.7. The molecule has 0 aliphatic rings. The highest BCUT2D eigenvalue weighted by molar-refractivity contribution is 6.18. The lowest BCUT2D eigenvalue weighted by Gasteiger charge is -2.09. The molecule has 5 nitrogen and oxygen atoms in total. The first-order valence-corrected chi connectivity index (χ1v) is 5.56. The second-order valence-electron chi connectivity index (χ2n) is 3.66. The number of rotatable bonds is 6. The summed E-state index contributed by atoms with van der Waals surface area (Å²) in [4.78, 5) is 15.2. The van der Waals surface area contributed by atoms with E-state index in [2.05, 4.69) is 9.72 Å². The molecule has 0 unspecified atom stereocenters. The fourth-order valence-corrected chi connectivity index (χ4v) is 1.33. The monoisotopic (exact) mass is 290 g/mol. The van der Waals surface area contributed by atoms with Crippen LogP contribution < -0.4 is 10.5 Å². The highest BCUT2D eigenvalue weighted by Gasteiger charge is 2.28. The Labute approximate surface area is 113 Å². The summed E-state index contributed by atoms with van der Waals surface area (Å²) in [5.41, 5.74) is 5.91. The van der Waals surface area contributed by atoms with Gasteiger partial charge in [0.1, 0.15) is 12.4 Å². The van der Waals surface area contributed by atoms with E-state index in [1.54, 1.807) is 0 Å². The second-order valence-corrected chi connectivity index (χ2v) is 3.66. The molecule has 0 atom stereocenters.